The molecule has 0 aliphatic heterocycles. The molecule has 0 N–H and O–H groups in total. The topological polar surface area (TPSA) is 17.1 Å². The van der Waals surface area contributed by atoms with Gasteiger partial charge in [-0.25, -0.2) is 4.39 Å². The van der Waals surface area contributed by atoms with Crippen molar-refractivity contribution in [3.63, 3.8) is 0 Å². The predicted molar refractivity (Wildman–Crippen MR) is 75.4 cm³/mol. The Hall–Kier alpha value is -1.67. The summed E-state index contributed by atoms with van der Waals surface area (Å²) in [5, 5.41) is 0.653. The Morgan fingerprint density at radius 1 is 1.16 bits per heavy atom. The summed E-state index contributed by atoms with van der Waals surface area (Å²) in [7, 11) is 0. The van der Waals surface area contributed by atoms with Crippen LogP contribution in [0.2, 0.25) is 5.02 Å². The molecule has 0 saturated heterocycles. The number of rotatable bonds is 3. The van der Waals surface area contributed by atoms with E-state index < -0.39 is 0 Å². The van der Waals surface area contributed by atoms with Gasteiger partial charge < -0.3 is 0 Å². The molecule has 0 aromatic heterocycles. The molecular weight excluding hydrogens is 263 g/mol. The molecule has 3 heteroatoms. The monoisotopic (exact) mass is 276 g/mol. The highest BCUT2D eigenvalue weighted by Crippen LogP contribution is 2.21. The van der Waals surface area contributed by atoms with E-state index >= 15 is 0 Å². The van der Waals surface area contributed by atoms with E-state index in [-0.39, 0.29) is 18.0 Å². The van der Waals surface area contributed by atoms with E-state index in [1.54, 1.807) is 24.3 Å². The average Bonchev–Trinajstić information content (AvgIpc) is 2.33. The number of carbonyl (C=O) groups is 1. The molecule has 2 rings (SSSR count). The van der Waals surface area contributed by atoms with Crippen molar-refractivity contribution in [1.82, 2.24) is 0 Å². The van der Waals surface area contributed by atoms with Gasteiger partial charge in [0.25, 0.3) is 0 Å². The van der Waals surface area contributed by atoms with Crippen LogP contribution in [0.3, 0.4) is 0 Å². The van der Waals surface area contributed by atoms with Gasteiger partial charge >= 0.3 is 0 Å². The second-order valence-electron chi connectivity index (χ2n) is 4.65. The summed E-state index contributed by atoms with van der Waals surface area (Å²) in [4.78, 5) is 12.2. The molecule has 19 heavy (non-hydrogen) atoms. The second kappa shape index (κ2) is 5.54. The normalized spacial score (nSPS) is 10.5. The third-order valence-electron chi connectivity index (χ3n) is 3.06. The molecule has 0 unspecified atom stereocenters. The van der Waals surface area contributed by atoms with E-state index in [4.69, 9.17) is 11.6 Å². The molecule has 0 heterocycles. The molecule has 0 radical (unpaired) electrons. The number of ketones is 1. The molecule has 1 nitrogen and oxygen atoms in total. The van der Waals surface area contributed by atoms with Crippen molar-refractivity contribution < 1.29 is 9.18 Å². The Labute approximate surface area is 117 Å². The lowest BCUT2D eigenvalue weighted by atomic mass is 9.97. The number of hydrogen-bond acceptors (Lipinski definition) is 1. The van der Waals surface area contributed by atoms with Crippen LogP contribution in [-0.4, -0.2) is 5.78 Å². The van der Waals surface area contributed by atoms with Gasteiger partial charge in [0.2, 0.25) is 0 Å². The van der Waals surface area contributed by atoms with Crippen LogP contribution >= 0.6 is 11.6 Å². The first-order chi connectivity index (χ1) is 8.97. The van der Waals surface area contributed by atoms with Crippen molar-refractivity contribution in [2.24, 2.45) is 0 Å². The number of Topliss-reactive ketones (excluding diaryl/α,β-unsaturated/α-hetero) is 1. The summed E-state index contributed by atoms with van der Waals surface area (Å²) in [6.45, 7) is 3.71. The fraction of sp³-hybridized carbons (Fsp3) is 0.188. The van der Waals surface area contributed by atoms with E-state index in [1.807, 2.05) is 13.8 Å². The Morgan fingerprint density at radius 3 is 2.58 bits per heavy atom. The summed E-state index contributed by atoms with van der Waals surface area (Å²) in [5.41, 5.74) is 3.04. The van der Waals surface area contributed by atoms with E-state index in [1.165, 1.54) is 12.1 Å². The highest BCUT2D eigenvalue weighted by Gasteiger charge is 2.12. The highest BCUT2D eigenvalue weighted by molar-refractivity contribution is 6.31. The predicted octanol–water partition coefficient (Wildman–Crippen LogP) is 4.52. The maximum absolute atomic E-state index is 13.1. The zero-order valence-electron chi connectivity index (χ0n) is 10.8. The standard InChI is InChI=1S/C16H14ClFO/c1-10-7-15(17)11(2)6-14(10)16(19)9-12-4-3-5-13(18)8-12/h3-8H,9H2,1-2H3. The van der Waals surface area contributed by atoms with Gasteiger partial charge in [0.15, 0.2) is 5.78 Å². The Bertz CT molecular complexity index is 635. The smallest absolute Gasteiger partial charge is 0.167 e. The lowest BCUT2D eigenvalue weighted by Gasteiger charge is -2.08. The molecule has 0 spiro atoms. The fourth-order valence-electron chi connectivity index (χ4n) is 2.01. The van der Waals surface area contributed by atoms with Gasteiger partial charge in [0, 0.05) is 17.0 Å². The molecule has 0 amide bonds. The molecule has 0 bridgehead atoms. The Balaban J connectivity index is 2.28. The van der Waals surface area contributed by atoms with Gasteiger partial charge in [-0.3, -0.25) is 4.79 Å². The number of hydrogen-bond donors (Lipinski definition) is 0. The molecular formula is C16H14ClFO. The van der Waals surface area contributed by atoms with Gasteiger partial charge in [0.05, 0.1) is 0 Å². The first-order valence-electron chi connectivity index (χ1n) is 6.02. The maximum atomic E-state index is 13.1. The van der Waals surface area contributed by atoms with Crippen LogP contribution in [0.25, 0.3) is 0 Å². The van der Waals surface area contributed by atoms with Gasteiger partial charge in [0.1, 0.15) is 5.82 Å². The number of aryl methyl sites for hydroxylation is 2. The number of benzene rings is 2. The quantitative estimate of drug-likeness (QED) is 0.753. The van der Waals surface area contributed by atoms with Crippen LogP contribution in [0.5, 0.6) is 0 Å². The fourth-order valence-corrected chi connectivity index (χ4v) is 2.23. The zero-order valence-corrected chi connectivity index (χ0v) is 11.6. The Kier molecular flexibility index (Phi) is 4.01. The third-order valence-corrected chi connectivity index (χ3v) is 3.47. The lowest BCUT2D eigenvalue weighted by Crippen LogP contribution is -2.06. The maximum Gasteiger partial charge on any atom is 0.167 e. The van der Waals surface area contributed by atoms with Gasteiger partial charge in [-0.2, -0.15) is 0 Å². The van der Waals surface area contributed by atoms with Crippen molar-refractivity contribution in [2.45, 2.75) is 20.3 Å². The zero-order chi connectivity index (χ0) is 14.0. The van der Waals surface area contributed by atoms with E-state index in [9.17, 15) is 9.18 Å². The van der Waals surface area contributed by atoms with Crippen molar-refractivity contribution in [1.29, 1.82) is 0 Å². The summed E-state index contributed by atoms with van der Waals surface area (Å²) in [6.07, 6.45) is 0.194. The van der Waals surface area contributed by atoms with E-state index in [0.717, 1.165) is 11.1 Å². The second-order valence-corrected chi connectivity index (χ2v) is 5.05. The largest absolute Gasteiger partial charge is 0.294 e. The first kappa shape index (κ1) is 13.8. The molecule has 0 aliphatic rings. The molecule has 98 valence electrons. The van der Waals surface area contributed by atoms with Crippen LogP contribution in [0.15, 0.2) is 36.4 Å². The number of halogens is 2. The van der Waals surface area contributed by atoms with Gasteiger partial charge in [-0.1, -0.05) is 23.7 Å². The minimum Gasteiger partial charge on any atom is -0.294 e. The molecule has 0 atom stereocenters. The lowest BCUT2D eigenvalue weighted by molar-refractivity contribution is 0.0992. The van der Waals surface area contributed by atoms with Crippen molar-refractivity contribution in [3.05, 3.63) is 69.5 Å². The average molecular weight is 277 g/mol. The number of carbonyl (C=O) groups excluding carboxylic acids is 1. The highest BCUT2D eigenvalue weighted by atomic mass is 35.5. The summed E-state index contributed by atoms with van der Waals surface area (Å²) < 4.78 is 13.1. The third kappa shape index (κ3) is 3.21. The van der Waals surface area contributed by atoms with Crippen LogP contribution in [0.4, 0.5) is 4.39 Å². The van der Waals surface area contributed by atoms with Crippen LogP contribution in [0, 0.1) is 19.7 Å². The molecule has 2 aromatic rings. The first-order valence-corrected chi connectivity index (χ1v) is 6.39. The van der Waals surface area contributed by atoms with Crippen molar-refractivity contribution in [3.8, 4) is 0 Å². The molecule has 2 aromatic carbocycles. The van der Waals surface area contributed by atoms with E-state index in [2.05, 4.69) is 0 Å². The van der Waals surface area contributed by atoms with Crippen molar-refractivity contribution >= 4 is 17.4 Å². The molecule has 0 saturated carbocycles. The molecule has 0 aliphatic carbocycles. The summed E-state index contributed by atoms with van der Waals surface area (Å²) in [6, 6.07) is 9.69. The van der Waals surface area contributed by atoms with Crippen LogP contribution in [-0.2, 0) is 6.42 Å². The SMILES string of the molecule is Cc1cc(C(=O)Cc2cccc(F)c2)c(C)cc1Cl. The van der Waals surface area contributed by atoms with Crippen molar-refractivity contribution in [2.75, 3.05) is 0 Å². The van der Waals surface area contributed by atoms with Crippen LogP contribution in [0.1, 0.15) is 27.0 Å². The van der Waals surface area contributed by atoms with Gasteiger partial charge in [-0.15, -0.1) is 0 Å². The summed E-state index contributed by atoms with van der Waals surface area (Å²) in [5.74, 6) is -0.350. The van der Waals surface area contributed by atoms with E-state index in [0.29, 0.717) is 16.1 Å². The van der Waals surface area contributed by atoms with Gasteiger partial charge in [-0.05, 0) is 54.8 Å². The van der Waals surface area contributed by atoms with Crippen LogP contribution < -0.4 is 0 Å². The summed E-state index contributed by atoms with van der Waals surface area (Å²) >= 11 is 6.01. The minimum absolute atomic E-state index is 0.0251. The minimum atomic E-state index is -0.325. The Morgan fingerprint density at radius 2 is 1.89 bits per heavy atom. The molecule has 0 fully saturated rings.